The van der Waals surface area contributed by atoms with E-state index in [9.17, 15) is 14.4 Å². The summed E-state index contributed by atoms with van der Waals surface area (Å²) in [4.78, 5) is 34.2. The Hall–Kier alpha value is -2.37. The molecule has 6 nitrogen and oxygen atoms in total. The second-order valence-electron chi connectivity index (χ2n) is 5.78. The molecule has 0 bridgehead atoms. The number of primary amides is 1. The van der Waals surface area contributed by atoms with Crippen molar-refractivity contribution in [3.05, 3.63) is 35.4 Å². The SMILES string of the molecule is CC(C)(C)C(=O)NCc1cccc(C(=O)NCC(N)=O)c1. The van der Waals surface area contributed by atoms with Gasteiger partial charge >= 0.3 is 0 Å². The number of amides is 3. The van der Waals surface area contributed by atoms with Gasteiger partial charge in [0.15, 0.2) is 0 Å². The summed E-state index contributed by atoms with van der Waals surface area (Å²) in [5.41, 5.74) is 5.73. The van der Waals surface area contributed by atoms with E-state index in [0.717, 1.165) is 5.56 Å². The number of hydrogen-bond donors (Lipinski definition) is 3. The Kier molecular flexibility index (Phi) is 5.46. The lowest BCUT2D eigenvalue weighted by atomic mass is 9.95. The first-order valence-electron chi connectivity index (χ1n) is 6.64. The summed E-state index contributed by atoms with van der Waals surface area (Å²) in [7, 11) is 0. The van der Waals surface area contributed by atoms with E-state index in [0.29, 0.717) is 12.1 Å². The Balaban J connectivity index is 2.66. The van der Waals surface area contributed by atoms with Gasteiger partial charge in [-0.15, -0.1) is 0 Å². The van der Waals surface area contributed by atoms with Crippen LogP contribution in [0.3, 0.4) is 0 Å². The van der Waals surface area contributed by atoms with Gasteiger partial charge in [-0.25, -0.2) is 0 Å². The van der Waals surface area contributed by atoms with Crippen molar-refractivity contribution in [3.63, 3.8) is 0 Å². The number of nitrogens with two attached hydrogens (primary N) is 1. The van der Waals surface area contributed by atoms with Crippen LogP contribution in [0.25, 0.3) is 0 Å². The molecule has 0 aliphatic carbocycles. The van der Waals surface area contributed by atoms with Crippen LogP contribution in [0, 0.1) is 5.41 Å². The summed E-state index contributed by atoms with van der Waals surface area (Å²) in [5, 5.41) is 5.22. The van der Waals surface area contributed by atoms with E-state index < -0.39 is 11.3 Å². The third-order valence-corrected chi connectivity index (χ3v) is 2.75. The molecule has 1 aromatic carbocycles. The topological polar surface area (TPSA) is 101 Å². The lowest BCUT2D eigenvalue weighted by Crippen LogP contribution is -2.34. The average Bonchev–Trinajstić information content (AvgIpc) is 2.41. The van der Waals surface area contributed by atoms with E-state index in [1.807, 2.05) is 26.8 Å². The minimum absolute atomic E-state index is 0.0638. The second-order valence-corrected chi connectivity index (χ2v) is 5.78. The van der Waals surface area contributed by atoms with Crippen LogP contribution in [0.5, 0.6) is 0 Å². The number of hydrogen-bond acceptors (Lipinski definition) is 3. The molecule has 4 N–H and O–H groups in total. The van der Waals surface area contributed by atoms with Crippen LogP contribution in [0.1, 0.15) is 36.7 Å². The molecule has 0 atom stereocenters. The van der Waals surface area contributed by atoms with Crippen LogP contribution in [-0.2, 0) is 16.1 Å². The van der Waals surface area contributed by atoms with Crippen molar-refractivity contribution in [1.29, 1.82) is 0 Å². The van der Waals surface area contributed by atoms with E-state index in [1.54, 1.807) is 18.2 Å². The van der Waals surface area contributed by atoms with E-state index in [-0.39, 0.29) is 18.4 Å². The maximum atomic E-state index is 11.8. The van der Waals surface area contributed by atoms with Gasteiger partial charge in [0.2, 0.25) is 11.8 Å². The van der Waals surface area contributed by atoms with Crippen LogP contribution in [-0.4, -0.2) is 24.3 Å². The highest BCUT2D eigenvalue weighted by Crippen LogP contribution is 2.13. The van der Waals surface area contributed by atoms with E-state index >= 15 is 0 Å². The van der Waals surface area contributed by atoms with Crippen molar-refractivity contribution in [2.24, 2.45) is 11.1 Å². The molecule has 3 amide bonds. The maximum absolute atomic E-state index is 11.8. The number of nitrogens with one attached hydrogen (secondary N) is 2. The van der Waals surface area contributed by atoms with Crippen LogP contribution >= 0.6 is 0 Å². The highest BCUT2D eigenvalue weighted by molar-refractivity contribution is 5.96. The predicted molar refractivity (Wildman–Crippen MR) is 79.3 cm³/mol. The molecule has 0 aliphatic rings. The summed E-state index contributed by atoms with van der Waals surface area (Å²) in [5.74, 6) is -1.04. The Morgan fingerprint density at radius 1 is 1.14 bits per heavy atom. The predicted octanol–water partition coefficient (Wildman–Crippen LogP) is 0.564. The molecule has 6 heteroatoms. The Morgan fingerprint density at radius 3 is 2.38 bits per heavy atom. The molecule has 1 rings (SSSR count). The fourth-order valence-electron chi connectivity index (χ4n) is 1.54. The molecule has 21 heavy (non-hydrogen) atoms. The molecule has 0 saturated carbocycles. The fourth-order valence-corrected chi connectivity index (χ4v) is 1.54. The van der Waals surface area contributed by atoms with Crippen LogP contribution in [0.2, 0.25) is 0 Å². The van der Waals surface area contributed by atoms with Gasteiger partial charge in [-0.05, 0) is 17.7 Å². The minimum Gasteiger partial charge on any atom is -0.368 e. The van der Waals surface area contributed by atoms with E-state index in [1.165, 1.54) is 0 Å². The Bertz CT molecular complexity index is 547. The largest absolute Gasteiger partial charge is 0.368 e. The third-order valence-electron chi connectivity index (χ3n) is 2.75. The van der Waals surface area contributed by atoms with Crippen molar-refractivity contribution in [1.82, 2.24) is 10.6 Å². The summed E-state index contributed by atoms with van der Waals surface area (Å²) in [6.45, 7) is 5.62. The average molecular weight is 291 g/mol. The summed E-state index contributed by atoms with van der Waals surface area (Å²) in [6.07, 6.45) is 0. The number of benzene rings is 1. The molecule has 0 heterocycles. The van der Waals surface area contributed by atoms with E-state index in [4.69, 9.17) is 5.73 Å². The van der Waals surface area contributed by atoms with Crippen molar-refractivity contribution < 1.29 is 14.4 Å². The van der Waals surface area contributed by atoms with Gasteiger partial charge in [0.1, 0.15) is 0 Å². The highest BCUT2D eigenvalue weighted by Gasteiger charge is 2.20. The van der Waals surface area contributed by atoms with Gasteiger partial charge in [0.05, 0.1) is 6.54 Å². The highest BCUT2D eigenvalue weighted by atomic mass is 16.2. The van der Waals surface area contributed by atoms with Gasteiger partial charge in [0.25, 0.3) is 5.91 Å². The van der Waals surface area contributed by atoms with Gasteiger partial charge < -0.3 is 16.4 Å². The lowest BCUT2D eigenvalue weighted by molar-refractivity contribution is -0.128. The molecule has 0 saturated heterocycles. The Morgan fingerprint density at radius 2 is 1.81 bits per heavy atom. The van der Waals surface area contributed by atoms with Crippen molar-refractivity contribution in [3.8, 4) is 0 Å². The molecule has 0 fully saturated rings. The first kappa shape index (κ1) is 16.7. The summed E-state index contributed by atoms with van der Waals surface area (Å²) in [6, 6.07) is 6.83. The van der Waals surface area contributed by atoms with Crippen LogP contribution in [0.15, 0.2) is 24.3 Å². The molecule has 1 aromatic rings. The van der Waals surface area contributed by atoms with E-state index in [2.05, 4.69) is 10.6 Å². The first-order chi connectivity index (χ1) is 9.70. The summed E-state index contributed by atoms with van der Waals surface area (Å²) >= 11 is 0. The smallest absolute Gasteiger partial charge is 0.251 e. The normalized spacial score (nSPS) is 10.8. The molecule has 0 aromatic heterocycles. The third kappa shape index (κ3) is 5.64. The zero-order valence-corrected chi connectivity index (χ0v) is 12.5. The molecular weight excluding hydrogens is 270 g/mol. The zero-order chi connectivity index (χ0) is 16.0. The molecule has 0 radical (unpaired) electrons. The Labute approximate surface area is 124 Å². The number of carbonyl (C=O) groups excluding carboxylic acids is 3. The van der Waals surface area contributed by atoms with Crippen molar-refractivity contribution in [2.75, 3.05) is 6.54 Å². The zero-order valence-electron chi connectivity index (χ0n) is 12.5. The van der Waals surface area contributed by atoms with Crippen LogP contribution < -0.4 is 16.4 Å². The molecular formula is C15H21N3O3. The minimum atomic E-state index is -0.600. The monoisotopic (exact) mass is 291 g/mol. The molecule has 0 aliphatic heterocycles. The number of rotatable bonds is 5. The van der Waals surface area contributed by atoms with Crippen molar-refractivity contribution in [2.45, 2.75) is 27.3 Å². The molecule has 114 valence electrons. The van der Waals surface area contributed by atoms with Gasteiger partial charge in [-0.1, -0.05) is 32.9 Å². The van der Waals surface area contributed by atoms with Crippen molar-refractivity contribution >= 4 is 17.7 Å². The first-order valence-corrected chi connectivity index (χ1v) is 6.64. The lowest BCUT2D eigenvalue weighted by Gasteiger charge is -2.17. The quantitative estimate of drug-likeness (QED) is 0.739. The molecule has 0 unspecified atom stereocenters. The fraction of sp³-hybridized carbons (Fsp3) is 0.400. The van der Waals surface area contributed by atoms with Gasteiger partial charge in [0, 0.05) is 17.5 Å². The molecule has 0 spiro atoms. The second kappa shape index (κ2) is 6.88. The summed E-state index contributed by atoms with van der Waals surface area (Å²) < 4.78 is 0. The van der Waals surface area contributed by atoms with Crippen LogP contribution in [0.4, 0.5) is 0 Å². The number of carbonyl (C=O) groups is 3. The standard InChI is InChI=1S/C15H21N3O3/c1-15(2,3)14(21)18-8-10-5-4-6-11(7-10)13(20)17-9-12(16)19/h4-7H,8-9H2,1-3H3,(H2,16,19)(H,17,20)(H,18,21). The van der Waals surface area contributed by atoms with Gasteiger partial charge in [-0.3, -0.25) is 14.4 Å². The maximum Gasteiger partial charge on any atom is 0.251 e. The van der Waals surface area contributed by atoms with Gasteiger partial charge in [-0.2, -0.15) is 0 Å².